The summed E-state index contributed by atoms with van der Waals surface area (Å²) in [5, 5.41) is 0. The molecule has 0 radical (unpaired) electrons. The Labute approximate surface area is 132 Å². The van der Waals surface area contributed by atoms with E-state index in [0.717, 1.165) is 6.42 Å². The minimum absolute atomic E-state index is 0.272. The Kier molecular flexibility index (Phi) is 7.97. The maximum Gasteiger partial charge on any atom is 0.338 e. The first-order valence-electron chi connectivity index (χ1n) is 7.64. The monoisotopic (exact) mass is 304 g/mol. The molecule has 0 aliphatic rings. The lowest BCUT2D eigenvalue weighted by Crippen LogP contribution is -2.12. The van der Waals surface area contributed by atoms with Crippen molar-refractivity contribution in [3.63, 3.8) is 0 Å². The second-order valence-electron chi connectivity index (χ2n) is 5.38. The van der Waals surface area contributed by atoms with Gasteiger partial charge in [-0.3, -0.25) is 0 Å². The van der Waals surface area contributed by atoms with Gasteiger partial charge in [0, 0.05) is 0 Å². The second-order valence-corrected chi connectivity index (χ2v) is 5.38. The van der Waals surface area contributed by atoms with E-state index in [1.807, 2.05) is 32.9 Å². The quantitative estimate of drug-likeness (QED) is 0.413. The molecule has 4 heteroatoms. The minimum atomic E-state index is -0.427. The molecule has 4 nitrogen and oxygen atoms in total. The number of hydrogen-bond acceptors (Lipinski definition) is 4. The van der Waals surface area contributed by atoms with E-state index in [2.05, 4.69) is 0 Å². The number of benzene rings is 1. The van der Waals surface area contributed by atoms with Crippen LogP contribution in [0.5, 0.6) is 0 Å². The molecule has 0 atom stereocenters. The fourth-order valence-electron chi connectivity index (χ4n) is 1.69. The lowest BCUT2D eigenvalue weighted by atomic mass is 10.1. The predicted molar refractivity (Wildman–Crippen MR) is 85.9 cm³/mol. The Balaban J connectivity index is 2.57. The molecule has 0 amide bonds. The molecule has 120 valence electrons. The summed E-state index contributed by atoms with van der Waals surface area (Å²) in [6.07, 6.45) is 5.66. The molecule has 0 heterocycles. The van der Waals surface area contributed by atoms with Gasteiger partial charge in [0.2, 0.25) is 0 Å². The number of hydrogen-bond donors (Lipinski definition) is 0. The van der Waals surface area contributed by atoms with Crippen molar-refractivity contribution in [1.29, 1.82) is 0 Å². The maximum atomic E-state index is 11.9. The Bertz CT molecular complexity index is 518. The number of rotatable bonds is 8. The van der Waals surface area contributed by atoms with Crippen LogP contribution in [0.15, 0.2) is 36.4 Å². The smallest absolute Gasteiger partial charge is 0.338 e. The molecule has 22 heavy (non-hydrogen) atoms. The molecular formula is C18H24O4. The van der Waals surface area contributed by atoms with Gasteiger partial charge in [0.1, 0.15) is 0 Å². The zero-order valence-corrected chi connectivity index (χ0v) is 13.5. The van der Waals surface area contributed by atoms with Crippen molar-refractivity contribution < 1.29 is 19.1 Å². The standard InChI is InChI=1S/C18H24O4/c1-4-5-6-7-11-21-17(19)15-9-8-10-16(12-15)18(20)22-13-14(2)3/h5-6,8-10,12,14H,4,7,11,13H2,1-3H3/b6-5-. The summed E-state index contributed by atoms with van der Waals surface area (Å²) in [6, 6.07) is 6.42. The van der Waals surface area contributed by atoms with E-state index < -0.39 is 11.9 Å². The van der Waals surface area contributed by atoms with Gasteiger partial charge in [-0.1, -0.05) is 39.0 Å². The van der Waals surface area contributed by atoms with Crippen molar-refractivity contribution in [3.05, 3.63) is 47.5 Å². The average molecular weight is 304 g/mol. The van der Waals surface area contributed by atoms with Crippen molar-refractivity contribution >= 4 is 11.9 Å². The molecule has 1 aromatic carbocycles. The van der Waals surface area contributed by atoms with Crippen LogP contribution < -0.4 is 0 Å². The van der Waals surface area contributed by atoms with Gasteiger partial charge in [0.05, 0.1) is 24.3 Å². The highest BCUT2D eigenvalue weighted by Gasteiger charge is 2.12. The van der Waals surface area contributed by atoms with Crippen LogP contribution in [-0.4, -0.2) is 25.2 Å². The van der Waals surface area contributed by atoms with Crippen LogP contribution in [-0.2, 0) is 9.47 Å². The topological polar surface area (TPSA) is 52.6 Å². The fourth-order valence-corrected chi connectivity index (χ4v) is 1.69. The molecule has 0 aromatic heterocycles. The first-order valence-corrected chi connectivity index (χ1v) is 7.64. The molecule has 1 aromatic rings. The number of ether oxygens (including phenoxy) is 2. The molecule has 0 bridgehead atoms. The van der Waals surface area contributed by atoms with Crippen molar-refractivity contribution in [3.8, 4) is 0 Å². The first-order chi connectivity index (χ1) is 10.5. The number of carbonyl (C=O) groups is 2. The molecule has 0 unspecified atom stereocenters. The molecule has 0 aliphatic heterocycles. The summed E-state index contributed by atoms with van der Waals surface area (Å²) >= 11 is 0. The predicted octanol–water partition coefficient (Wildman–Crippen LogP) is 4.01. The molecule has 0 N–H and O–H groups in total. The third kappa shape index (κ3) is 6.57. The fraction of sp³-hybridized carbons (Fsp3) is 0.444. The normalized spacial score (nSPS) is 10.9. The average Bonchev–Trinajstić information content (AvgIpc) is 2.52. The number of allylic oxidation sites excluding steroid dienone is 1. The molecule has 1 rings (SSSR count). The SMILES string of the molecule is CC/C=C\CCOC(=O)c1cccc(C(=O)OCC(C)C)c1. The van der Waals surface area contributed by atoms with Crippen molar-refractivity contribution in [2.75, 3.05) is 13.2 Å². The van der Waals surface area contributed by atoms with E-state index in [1.54, 1.807) is 18.2 Å². The minimum Gasteiger partial charge on any atom is -0.462 e. The second kappa shape index (κ2) is 9.77. The maximum absolute atomic E-state index is 11.9. The van der Waals surface area contributed by atoms with Crippen LogP contribution in [0.4, 0.5) is 0 Å². The molecule has 0 fully saturated rings. The molecule has 0 saturated heterocycles. The third-order valence-electron chi connectivity index (χ3n) is 2.80. The van der Waals surface area contributed by atoms with E-state index in [0.29, 0.717) is 30.8 Å². The van der Waals surface area contributed by atoms with Crippen LogP contribution in [0.3, 0.4) is 0 Å². The van der Waals surface area contributed by atoms with Gasteiger partial charge in [-0.05, 0) is 37.0 Å². The zero-order chi connectivity index (χ0) is 16.4. The Morgan fingerprint density at radius 3 is 2.32 bits per heavy atom. The largest absolute Gasteiger partial charge is 0.462 e. The van der Waals surface area contributed by atoms with Gasteiger partial charge in [-0.15, -0.1) is 0 Å². The summed E-state index contributed by atoms with van der Waals surface area (Å²) in [7, 11) is 0. The van der Waals surface area contributed by atoms with Crippen LogP contribution in [0.2, 0.25) is 0 Å². The Hall–Kier alpha value is -2.10. The lowest BCUT2D eigenvalue weighted by molar-refractivity contribution is 0.0459. The lowest BCUT2D eigenvalue weighted by Gasteiger charge is -2.08. The highest BCUT2D eigenvalue weighted by molar-refractivity contribution is 5.95. The van der Waals surface area contributed by atoms with E-state index in [-0.39, 0.29) is 5.92 Å². The Morgan fingerprint density at radius 2 is 1.73 bits per heavy atom. The number of carbonyl (C=O) groups excluding carboxylic acids is 2. The van der Waals surface area contributed by atoms with Gasteiger partial charge in [0.25, 0.3) is 0 Å². The molecule has 0 saturated carbocycles. The van der Waals surface area contributed by atoms with Gasteiger partial charge in [-0.25, -0.2) is 9.59 Å². The van der Waals surface area contributed by atoms with Gasteiger partial charge >= 0.3 is 11.9 Å². The first kappa shape index (κ1) is 18.0. The van der Waals surface area contributed by atoms with Crippen LogP contribution >= 0.6 is 0 Å². The zero-order valence-electron chi connectivity index (χ0n) is 13.5. The van der Waals surface area contributed by atoms with Crippen LogP contribution in [0.1, 0.15) is 54.3 Å². The number of esters is 2. The summed E-state index contributed by atoms with van der Waals surface area (Å²) in [5.41, 5.74) is 0.722. The van der Waals surface area contributed by atoms with Crippen molar-refractivity contribution in [1.82, 2.24) is 0 Å². The van der Waals surface area contributed by atoms with Gasteiger partial charge < -0.3 is 9.47 Å². The summed E-state index contributed by atoms with van der Waals surface area (Å²) in [5.74, 6) is -0.578. The van der Waals surface area contributed by atoms with E-state index in [9.17, 15) is 9.59 Å². The third-order valence-corrected chi connectivity index (χ3v) is 2.80. The van der Waals surface area contributed by atoms with Crippen molar-refractivity contribution in [2.24, 2.45) is 5.92 Å². The summed E-state index contributed by atoms with van der Waals surface area (Å²) in [4.78, 5) is 23.8. The summed E-state index contributed by atoms with van der Waals surface area (Å²) in [6.45, 7) is 6.67. The van der Waals surface area contributed by atoms with Crippen LogP contribution in [0, 0.1) is 5.92 Å². The highest BCUT2D eigenvalue weighted by Crippen LogP contribution is 2.09. The highest BCUT2D eigenvalue weighted by atomic mass is 16.5. The Morgan fingerprint density at radius 1 is 1.09 bits per heavy atom. The van der Waals surface area contributed by atoms with Gasteiger partial charge in [-0.2, -0.15) is 0 Å². The van der Waals surface area contributed by atoms with Crippen LogP contribution in [0.25, 0.3) is 0 Å². The summed E-state index contributed by atoms with van der Waals surface area (Å²) < 4.78 is 10.3. The van der Waals surface area contributed by atoms with Gasteiger partial charge in [0.15, 0.2) is 0 Å². The van der Waals surface area contributed by atoms with Crippen molar-refractivity contribution in [2.45, 2.75) is 33.6 Å². The molecule has 0 aliphatic carbocycles. The van der Waals surface area contributed by atoms with E-state index in [4.69, 9.17) is 9.47 Å². The van der Waals surface area contributed by atoms with E-state index in [1.165, 1.54) is 6.07 Å². The molecular weight excluding hydrogens is 280 g/mol. The van der Waals surface area contributed by atoms with E-state index >= 15 is 0 Å². The molecule has 0 spiro atoms.